The number of sulfonamides is 1. The van der Waals surface area contributed by atoms with E-state index in [1.807, 2.05) is 6.07 Å². The van der Waals surface area contributed by atoms with E-state index >= 15 is 0 Å². The smallest absolute Gasteiger partial charge is 0.445 e. The topological polar surface area (TPSA) is 93.1 Å². The van der Waals surface area contributed by atoms with Gasteiger partial charge in [0.15, 0.2) is 0 Å². The number of carbonyl (C=O) groups is 1. The van der Waals surface area contributed by atoms with E-state index in [-0.39, 0.29) is 25.3 Å². The lowest BCUT2D eigenvalue weighted by molar-refractivity contribution is 0.0278. The van der Waals surface area contributed by atoms with Crippen LogP contribution in [0.15, 0.2) is 54.6 Å². The number of ether oxygens (including phenoxy) is 2. The minimum atomic E-state index is -4.42. The zero-order valence-electron chi connectivity index (χ0n) is 15.7. The summed E-state index contributed by atoms with van der Waals surface area (Å²) in [5.74, 6) is 0.336. The lowest BCUT2D eigenvalue weighted by Crippen LogP contribution is -2.48. The fourth-order valence-electron chi connectivity index (χ4n) is 3.03. The SMILES string of the molecule is CC(C)(O)CC1CN(S(=O)(=O)C(=O)OCc2ccccc2)c2ccccc2O1. The molecular formula is C20H23NO6S. The highest BCUT2D eigenvalue weighted by atomic mass is 32.2. The van der Waals surface area contributed by atoms with Crippen LogP contribution in [0.4, 0.5) is 10.5 Å². The predicted octanol–water partition coefficient (Wildman–Crippen LogP) is 3.08. The first kappa shape index (κ1) is 20.2. The zero-order chi connectivity index (χ0) is 20.4. The standard InChI is InChI=1S/C20H23NO6S/c1-20(2,23)12-16-13-21(17-10-6-7-11-18(17)27-16)28(24,25)19(22)26-14-15-8-4-3-5-9-15/h3-11,16,23H,12-14H2,1-2H3. The number of aliphatic hydroxyl groups is 1. The molecular weight excluding hydrogens is 382 g/mol. The monoisotopic (exact) mass is 405 g/mol. The molecule has 1 unspecified atom stereocenters. The van der Waals surface area contributed by atoms with Crippen molar-refractivity contribution in [3.8, 4) is 5.75 Å². The van der Waals surface area contributed by atoms with Gasteiger partial charge in [-0.2, -0.15) is 8.42 Å². The molecule has 28 heavy (non-hydrogen) atoms. The number of para-hydroxylation sites is 2. The first-order valence-corrected chi connectivity index (χ1v) is 10.3. The molecule has 150 valence electrons. The lowest BCUT2D eigenvalue weighted by atomic mass is 10.00. The molecule has 0 aromatic heterocycles. The third-order valence-corrected chi connectivity index (χ3v) is 5.69. The van der Waals surface area contributed by atoms with Gasteiger partial charge in [-0.1, -0.05) is 42.5 Å². The number of rotatable bonds is 5. The largest absolute Gasteiger partial charge is 0.486 e. The third kappa shape index (κ3) is 4.63. The molecule has 0 aliphatic carbocycles. The van der Waals surface area contributed by atoms with Gasteiger partial charge in [-0.05, 0) is 31.5 Å². The van der Waals surface area contributed by atoms with E-state index in [1.165, 1.54) is 0 Å². The van der Waals surface area contributed by atoms with Crippen LogP contribution in [0.3, 0.4) is 0 Å². The highest BCUT2D eigenvalue weighted by Gasteiger charge is 2.40. The van der Waals surface area contributed by atoms with Gasteiger partial charge in [0.2, 0.25) is 0 Å². The Kier molecular flexibility index (Phi) is 5.62. The Morgan fingerprint density at radius 2 is 1.82 bits per heavy atom. The van der Waals surface area contributed by atoms with E-state index in [4.69, 9.17) is 9.47 Å². The molecule has 1 N–H and O–H groups in total. The molecule has 2 aromatic rings. The average molecular weight is 405 g/mol. The molecule has 3 rings (SSSR count). The second kappa shape index (κ2) is 7.81. The Morgan fingerprint density at radius 3 is 2.50 bits per heavy atom. The molecule has 1 heterocycles. The van der Waals surface area contributed by atoms with Crippen molar-refractivity contribution in [2.24, 2.45) is 0 Å². The number of benzene rings is 2. The Hall–Kier alpha value is -2.58. The summed E-state index contributed by atoms with van der Waals surface area (Å²) in [7, 11) is -4.42. The average Bonchev–Trinajstić information content (AvgIpc) is 2.65. The molecule has 2 aromatic carbocycles. The number of fused-ring (bicyclic) bond motifs is 1. The molecule has 8 heteroatoms. The Bertz CT molecular complexity index is 937. The van der Waals surface area contributed by atoms with Crippen molar-refractivity contribution < 1.29 is 27.8 Å². The first-order chi connectivity index (χ1) is 13.2. The minimum absolute atomic E-state index is 0.0935. The molecule has 1 atom stereocenters. The van der Waals surface area contributed by atoms with Crippen molar-refractivity contribution in [3.05, 3.63) is 60.2 Å². The summed E-state index contributed by atoms with van der Waals surface area (Å²) >= 11 is 0. The van der Waals surface area contributed by atoms with E-state index < -0.39 is 27.0 Å². The number of nitrogens with zero attached hydrogens (tertiary/aromatic N) is 1. The van der Waals surface area contributed by atoms with Crippen LogP contribution in [-0.2, 0) is 21.4 Å². The quantitative estimate of drug-likeness (QED) is 0.769. The fourth-order valence-corrected chi connectivity index (χ4v) is 4.19. The molecule has 0 amide bonds. The van der Waals surface area contributed by atoms with Crippen molar-refractivity contribution in [2.75, 3.05) is 10.8 Å². The number of carbonyl (C=O) groups excluding carboxylic acids is 1. The summed E-state index contributed by atoms with van der Waals surface area (Å²) in [5.41, 5.74) is -0.0975. The van der Waals surface area contributed by atoms with Gasteiger partial charge < -0.3 is 14.6 Å². The molecule has 0 saturated heterocycles. The normalized spacial score (nSPS) is 16.8. The Labute approximate surface area is 164 Å². The molecule has 1 aliphatic heterocycles. The van der Waals surface area contributed by atoms with Gasteiger partial charge in [-0.3, -0.25) is 4.31 Å². The van der Waals surface area contributed by atoms with Gasteiger partial charge in [-0.25, -0.2) is 4.79 Å². The molecule has 7 nitrogen and oxygen atoms in total. The highest BCUT2D eigenvalue weighted by Crippen LogP contribution is 2.37. The van der Waals surface area contributed by atoms with Gasteiger partial charge in [0.25, 0.3) is 0 Å². The van der Waals surface area contributed by atoms with Crippen molar-refractivity contribution in [1.29, 1.82) is 0 Å². The van der Waals surface area contributed by atoms with Gasteiger partial charge >= 0.3 is 15.3 Å². The summed E-state index contributed by atoms with van der Waals surface area (Å²) in [4.78, 5) is 12.4. The van der Waals surface area contributed by atoms with E-state index in [1.54, 1.807) is 62.4 Å². The summed E-state index contributed by atoms with van der Waals surface area (Å²) in [6.07, 6.45) is -0.404. The maximum Gasteiger partial charge on any atom is 0.445 e. The summed E-state index contributed by atoms with van der Waals surface area (Å²) in [5, 5.41) is 8.76. The van der Waals surface area contributed by atoms with Gasteiger partial charge in [0, 0.05) is 6.42 Å². The van der Waals surface area contributed by atoms with Gasteiger partial charge in [0.05, 0.1) is 17.8 Å². The maximum absolute atomic E-state index is 12.9. The van der Waals surface area contributed by atoms with E-state index in [0.717, 1.165) is 4.31 Å². The second-order valence-electron chi connectivity index (χ2n) is 7.28. The van der Waals surface area contributed by atoms with Crippen LogP contribution >= 0.6 is 0 Å². The summed E-state index contributed by atoms with van der Waals surface area (Å²) < 4.78 is 37.7. The molecule has 0 bridgehead atoms. The number of hydrogen-bond acceptors (Lipinski definition) is 6. The molecule has 0 radical (unpaired) electrons. The van der Waals surface area contributed by atoms with E-state index in [2.05, 4.69) is 0 Å². The van der Waals surface area contributed by atoms with Crippen LogP contribution in [0.5, 0.6) is 5.75 Å². The van der Waals surface area contributed by atoms with Crippen LogP contribution in [0.1, 0.15) is 25.8 Å². The molecule has 0 fully saturated rings. The van der Waals surface area contributed by atoms with Crippen LogP contribution in [0.2, 0.25) is 0 Å². The van der Waals surface area contributed by atoms with Crippen LogP contribution in [-0.4, -0.2) is 37.1 Å². The van der Waals surface area contributed by atoms with Gasteiger partial charge in [-0.15, -0.1) is 0 Å². The number of hydrogen-bond donors (Lipinski definition) is 1. The van der Waals surface area contributed by atoms with Crippen LogP contribution in [0, 0.1) is 0 Å². The predicted molar refractivity (Wildman–Crippen MR) is 105 cm³/mol. The van der Waals surface area contributed by atoms with Crippen molar-refractivity contribution >= 4 is 21.0 Å². The minimum Gasteiger partial charge on any atom is -0.486 e. The van der Waals surface area contributed by atoms with Crippen LogP contribution in [0.25, 0.3) is 0 Å². The van der Waals surface area contributed by atoms with E-state index in [9.17, 15) is 18.3 Å². The van der Waals surface area contributed by atoms with Gasteiger partial charge in [0.1, 0.15) is 18.5 Å². The first-order valence-electron chi connectivity index (χ1n) is 8.88. The molecule has 1 aliphatic rings. The molecule has 0 saturated carbocycles. The Morgan fingerprint density at radius 1 is 1.18 bits per heavy atom. The second-order valence-corrected chi connectivity index (χ2v) is 9.01. The Balaban J connectivity index is 1.83. The van der Waals surface area contributed by atoms with Crippen LogP contribution < -0.4 is 9.04 Å². The zero-order valence-corrected chi connectivity index (χ0v) is 16.6. The van der Waals surface area contributed by atoms with Crippen molar-refractivity contribution in [3.63, 3.8) is 0 Å². The molecule has 0 spiro atoms. The number of anilines is 1. The fraction of sp³-hybridized carbons (Fsp3) is 0.350. The third-order valence-electron chi connectivity index (χ3n) is 4.22. The highest BCUT2D eigenvalue weighted by molar-refractivity contribution is 8.06. The van der Waals surface area contributed by atoms with E-state index in [0.29, 0.717) is 11.3 Å². The summed E-state index contributed by atoms with van der Waals surface area (Å²) in [6.45, 7) is 3.00. The van der Waals surface area contributed by atoms with Crippen molar-refractivity contribution in [2.45, 2.75) is 38.6 Å². The lowest BCUT2D eigenvalue weighted by Gasteiger charge is -2.36. The summed E-state index contributed by atoms with van der Waals surface area (Å²) in [6, 6.07) is 15.4. The maximum atomic E-state index is 12.9. The van der Waals surface area contributed by atoms with Crippen molar-refractivity contribution in [1.82, 2.24) is 0 Å².